The molecule has 1 saturated heterocycles. The number of hydrogen-bond donors (Lipinski definition) is 1. The molecule has 24 heavy (non-hydrogen) atoms. The van der Waals surface area contributed by atoms with Gasteiger partial charge in [0.25, 0.3) is 0 Å². The lowest BCUT2D eigenvalue weighted by Gasteiger charge is -2.36. The molecular formula is C17H23N5O2. The molecule has 2 fully saturated rings. The summed E-state index contributed by atoms with van der Waals surface area (Å²) in [6, 6.07) is 10.4. The highest BCUT2D eigenvalue weighted by atomic mass is 16.5. The lowest BCUT2D eigenvalue weighted by atomic mass is 10.0. The van der Waals surface area contributed by atoms with Gasteiger partial charge in [0.05, 0.1) is 31.9 Å². The SMILES string of the molecule is OC(CC1COCCN1Cc1nnnn1C1CC1)c1ccccc1. The average Bonchev–Trinajstić information content (AvgIpc) is 3.37. The highest BCUT2D eigenvalue weighted by Crippen LogP contribution is 2.34. The van der Waals surface area contributed by atoms with Gasteiger partial charge in [-0.15, -0.1) is 5.10 Å². The third kappa shape index (κ3) is 3.48. The molecule has 128 valence electrons. The van der Waals surface area contributed by atoms with E-state index in [-0.39, 0.29) is 6.04 Å². The Morgan fingerprint density at radius 2 is 2.08 bits per heavy atom. The molecule has 1 saturated carbocycles. The smallest absolute Gasteiger partial charge is 0.165 e. The summed E-state index contributed by atoms with van der Waals surface area (Å²) in [7, 11) is 0. The van der Waals surface area contributed by atoms with Crippen LogP contribution in [0.2, 0.25) is 0 Å². The summed E-state index contributed by atoms with van der Waals surface area (Å²) in [4.78, 5) is 2.33. The van der Waals surface area contributed by atoms with E-state index >= 15 is 0 Å². The Hall–Kier alpha value is -1.83. The fourth-order valence-electron chi connectivity index (χ4n) is 3.28. The van der Waals surface area contributed by atoms with E-state index in [1.165, 1.54) is 0 Å². The van der Waals surface area contributed by atoms with Crippen molar-refractivity contribution in [1.82, 2.24) is 25.1 Å². The number of hydrogen-bond acceptors (Lipinski definition) is 6. The highest BCUT2D eigenvalue weighted by Gasteiger charge is 2.31. The zero-order valence-electron chi connectivity index (χ0n) is 13.7. The van der Waals surface area contributed by atoms with E-state index in [1.54, 1.807) is 0 Å². The second kappa shape index (κ2) is 6.96. The van der Waals surface area contributed by atoms with Crippen LogP contribution in [0.4, 0.5) is 0 Å². The normalized spacial score (nSPS) is 23.3. The Bertz CT molecular complexity index is 658. The van der Waals surface area contributed by atoms with Crippen LogP contribution in [0.15, 0.2) is 30.3 Å². The van der Waals surface area contributed by atoms with Crippen LogP contribution in [0.5, 0.6) is 0 Å². The first-order chi connectivity index (χ1) is 11.8. The molecule has 1 aliphatic carbocycles. The molecule has 1 aromatic heterocycles. The number of aromatic nitrogens is 4. The second-order valence-electron chi connectivity index (χ2n) is 6.63. The first-order valence-corrected chi connectivity index (χ1v) is 8.63. The van der Waals surface area contributed by atoms with Crippen molar-refractivity contribution in [1.29, 1.82) is 0 Å². The quantitative estimate of drug-likeness (QED) is 0.862. The Kier molecular flexibility index (Phi) is 4.55. The Labute approximate surface area is 141 Å². The van der Waals surface area contributed by atoms with Crippen LogP contribution in [-0.4, -0.2) is 56.0 Å². The predicted molar refractivity (Wildman–Crippen MR) is 87.1 cm³/mol. The fourth-order valence-corrected chi connectivity index (χ4v) is 3.28. The number of ether oxygens (including phenoxy) is 1. The van der Waals surface area contributed by atoms with Gasteiger partial charge in [0.1, 0.15) is 0 Å². The van der Waals surface area contributed by atoms with Gasteiger partial charge < -0.3 is 9.84 Å². The Morgan fingerprint density at radius 1 is 1.25 bits per heavy atom. The number of tetrazole rings is 1. The van der Waals surface area contributed by atoms with E-state index in [9.17, 15) is 5.11 Å². The largest absolute Gasteiger partial charge is 0.388 e. The zero-order chi connectivity index (χ0) is 16.4. The number of rotatable bonds is 6. The van der Waals surface area contributed by atoms with Crippen molar-refractivity contribution in [3.8, 4) is 0 Å². The molecule has 2 atom stereocenters. The molecule has 0 radical (unpaired) electrons. The fraction of sp³-hybridized carbons (Fsp3) is 0.588. The average molecular weight is 329 g/mol. The lowest BCUT2D eigenvalue weighted by Crippen LogP contribution is -2.46. The van der Waals surface area contributed by atoms with E-state index in [1.807, 2.05) is 35.0 Å². The maximum Gasteiger partial charge on any atom is 0.165 e. The van der Waals surface area contributed by atoms with Gasteiger partial charge >= 0.3 is 0 Å². The monoisotopic (exact) mass is 329 g/mol. The van der Waals surface area contributed by atoms with Gasteiger partial charge in [-0.3, -0.25) is 4.90 Å². The van der Waals surface area contributed by atoms with Crippen LogP contribution < -0.4 is 0 Å². The number of nitrogens with zero attached hydrogens (tertiary/aromatic N) is 5. The zero-order valence-corrected chi connectivity index (χ0v) is 13.7. The first kappa shape index (κ1) is 15.7. The number of benzene rings is 1. The molecule has 1 aromatic carbocycles. The standard InChI is InChI=1S/C17H23N5O2/c23-16(13-4-2-1-3-5-13)10-15-12-24-9-8-21(15)11-17-18-19-20-22(17)14-6-7-14/h1-5,14-16,23H,6-12H2. The van der Waals surface area contributed by atoms with E-state index in [4.69, 9.17) is 4.74 Å². The van der Waals surface area contributed by atoms with E-state index < -0.39 is 6.10 Å². The summed E-state index contributed by atoms with van der Waals surface area (Å²) >= 11 is 0. The van der Waals surface area contributed by atoms with Crippen molar-refractivity contribution in [3.05, 3.63) is 41.7 Å². The van der Waals surface area contributed by atoms with Crippen molar-refractivity contribution in [2.24, 2.45) is 0 Å². The third-order valence-electron chi connectivity index (χ3n) is 4.83. The number of aliphatic hydroxyl groups excluding tert-OH is 1. The third-order valence-corrected chi connectivity index (χ3v) is 4.83. The van der Waals surface area contributed by atoms with Gasteiger partial charge in [-0.2, -0.15) is 0 Å². The summed E-state index contributed by atoms with van der Waals surface area (Å²) in [5.41, 5.74) is 0.950. The molecule has 7 heteroatoms. The van der Waals surface area contributed by atoms with Crippen LogP contribution in [-0.2, 0) is 11.3 Å². The van der Waals surface area contributed by atoms with Gasteiger partial charge in [0.2, 0.25) is 0 Å². The molecule has 2 heterocycles. The van der Waals surface area contributed by atoms with E-state index in [2.05, 4.69) is 20.4 Å². The molecule has 2 aromatic rings. The van der Waals surface area contributed by atoms with Gasteiger partial charge in [0.15, 0.2) is 5.82 Å². The van der Waals surface area contributed by atoms with Crippen LogP contribution in [0, 0.1) is 0 Å². The van der Waals surface area contributed by atoms with Crippen LogP contribution in [0.25, 0.3) is 0 Å². The maximum atomic E-state index is 10.5. The van der Waals surface area contributed by atoms with Crippen molar-refractivity contribution in [3.63, 3.8) is 0 Å². The highest BCUT2D eigenvalue weighted by molar-refractivity contribution is 5.17. The Balaban J connectivity index is 1.44. The molecular weight excluding hydrogens is 306 g/mol. The van der Waals surface area contributed by atoms with Crippen molar-refractivity contribution >= 4 is 0 Å². The van der Waals surface area contributed by atoms with Crippen molar-refractivity contribution in [2.75, 3.05) is 19.8 Å². The summed E-state index contributed by atoms with van der Waals surface area (Å²) < 4.78 is 7.61. The Morgan fingerprint density at radius 3 is 2.88 bits per heavy atom. The van der Waals surface area contributed by atoms with Crippen molar-refractivity contribution < 1.29 is 9.84 Å². The number of aliphatic hydroxyl groups is 1. The molecule has 1 N–H and O–H groups in total. The summed E-state index contributed by atoms with van der Waals surface area (Å²) in [5.74, 6) is 0.915. The van der Waals surface area contributed by atoms with Gasteiger partial charge in [-0.05, 0) is 35.3 Å². The minimum Gasteiger partial charge on any atom is -0.388 e. The van der Waals surface area contributed by atoms with Crippen LogP contribution in [0.1, 0.15) is 42.8 Å². The van der Waals surface area contributed by atoms with E-state index in [0.29, 0.717) is 32.2 Å². The van der Waals surface area contributed by atoms with Crippen LogP contribution in [0.3, 0.4) is 0 Å². The van der Waals surface area contributed by atoms with Gasteiger partial charge in [-0.25, -0.2) is 4.68 Å². The van der Waals surface area contributed by atoms with E-state index in [0.717, 1.165) is 30.8 Å². The van der Waals surface area contributed by atoms with Crippen molar-refractivity contribution in [2.45, 2.75) is 44.0 Å². The van der Waals surface area contributed by atoms with Crippen LogP contribution >= 0.6 is 0 Å². The lowest BCUT2D eigenvalue weighted by molar-refractivity contribution is -0.0315. The van der Waals surface area contributed by atoms with Gasteiger partial charge in [0, 0.05) is 12.6 Å². The molecule has 2 aliphatic rings. The molecule has 0 amide bonds. The molecule has 2 unspecified atom stereocenters. The minimum atomic E-state index is -0.486. The summed E-state index contributed by atoms with van der Waals surface area (Å²) in [6.45, 7) is 2.89. The predicted octanol–water partition coefficient (Wildman–Crippen LogP) is 1.33. The minimum absolute atomic E-state index is 0.165. The molecule has 7 nitrogen and oxygen atoms in total. The molecule has 4 rings (SSSR count). The second-order valence-corrected chi connectivity index (χ2v) is 6.63. The molecule has 1 aliphatic heterocycles. The topological polar surface area (TPSA) is 76.3 Å². The summed E-state index contributed by atoms with van der Waals surface area (Å²) in [5, 5.41) is 22.7. The number of morpholine rings is 1. The maximum absolute atomic E-state index is 10.5. The first-order valence-electron chi connectivity index (χ1n) is 8.63. The molecule has 0 spiro atoms. The summed E-state index contributed by atoms with van der Waals surface area (Å²) in [6.07, 6.45) is 2.49. The van der Waals surface area contributed by atoms with Gasteiger partial charge in [-0.1, -0.05) is 30.3 Å². The molecule has 0 bridgehead atoms.